The van der Waals surface area contributed by atoms with Gasteiger partial charge < -0.3 is 24.0 Å². The minimum atomic E-state index is -2.75. The first kappa shape index (κ1) is 25.6. The van der Waals surface area contributed by atoms with Gasteiger partial charge in [-0.25, -0.2) is 23.4 Å². The summed E-state index contributed by atoms with van der Waals surface area (Å²) in [7, 11) is 5.67. The van der Waals surface area contributed by atoms with Gasteiger partial charge in [-0.1, -0.05) is 0 Å². The molecular formula is C28H30F2N10O. The van der Waals surface area contributed by atoms with E-state index in [-0.39, 0.29) is 0 Å². The van der Waals surface area contributed by atoms with Gasteiger partial charge in [0.05, 0.1) is 48.7 Å². The number of hydrogen-bond acceptors (Lipinski definition) is 9. The van der Waals surface area contributed by atoms with E-state index in [9.17, 15) is 8.78 Å². The van der Waals surface area contributed by atoms with Crippen LogP contribution in [0.2, 0.25) is 0 Å². The van der Waals surface area contributed by atoms with Crippen molar-refractivity contribution in [1.29, 1.82) is 0 Å². The number of fused-ring (bicyclic) bond motifs is 2. The molecule has 0 saturated carbocycles. The van der Waals surface area contributed by atoms with Crippen molar-refractivity contribution in [3.8, 4) is 22.8 Å². The van der Waals surface area contributed by atoms with Crippen molar-refractivity contribution in [3.05, 3.63) is 42.5 Å². The van der Waals surface area contributed by atoms with Crippen LogP contribution in [0, 0.1) is 6.92 Å². The fourth-order valence-electron chi connectivity index (χ4n) is 5.68. The zero-order valence-corrected chi connectivity index (χ0v) is 23.3. The maximum absolute atomic E-state index is 14.0. The van der Waals surface area contributed by atoms with Crippen molar-refractivity contribution < 1.29 is 13.5 Å². The van der Waals surface area contributed by atoms with Gasteiger partial charge in [0.2, 0.25) is 5.95 Å². The zero-order valence-electron chi connectivity index (χ0n) is 23.3. The third-order valence-corrected chi connectivity index (χ3v) is 8.00. The predicted octanol–water partition coefficient (Wildman–Crippen LogP) is 3.29. The van der Waals surface area contributed by atoms with Crippen molar-refractivity contribution in [1.82, 2.24) is 39.2 Å². The maximum atomic E-state index is 14.0. The van der Waals surface area contributed by atoms with Crippen molar-refractivity contribution in [2.24, 2.45) is 7.05 Å². The summed E-state index contributed by atoms with van der Waals surface area (Å²) in [5.41, 5.74) is 4.42. The first-order valence-corrected chi connectivity index (χ1v) is 13.5. The molecule has 0 radical (unpaired) electrons. The van der Waals surface area contributed by atoms with Crippen LogP contribution in [0.3, 0.4) is 0 Å². The Morgan fingerprint density at radius 2 is 1.71 bits per heavy atom. The van der Waals surface area contributed by atoms with E-state index in [0.717, 1.165) is 59.8 Å². The van der Waals surface area contributed by atoms with E-state index in [1.165, 1.54) is 0 Å². The average Bonchev–Trinajstić information content (AvgIpc) is 3.53. The Hall–Kier alpha value is -4.39. The number of pyridine rings is 3. The number of methoxy groups -OCH3 is 1. The number of aryl methyl sites for hydroxylation is 2. The number of ether oxygens (including phenoxy) is 1. The molecule has 2 fully saturated rings. The third-order valence-electron chi connectivity index (χ3n) is 8.00. The van der Waals surface area contributed by atoms with E-state index < -0.39 is 19.0 Å². The Balaban J connectivity index is 1.40. The SMILES string of the molecule is COc1ccncc1-c1cc2c(cnn2-c2cc3c(nc(N4CCN(C)CC4)n3C)c(N3CC(F)(F)C3)n2)c(C)n1. The first-order valence-electron chi connectivity index (χ1n) is 13.5. The Kier molecular flexibility index (Phi) is 5.82. The fraction of sp³-hybridized carbons (Fsp3) is 0.393. The standard InChI is InChI=1S/C28H30F2N10O/c1-17-18-14-32-40(21(18)11-20(33-17)19-13-31-6-5-23(19)41-4)24-12-22-25(26(34-24)39-15-28(29,30)16-39)35-27(37(22)3)38-9-7-36(2)8-10-38/h5-6,11-14H,7-10,15-16H2,1-4H3. The molecule has 13 heteroatoms. The molecule has 0 aromatic carbocycles. The molecule has 0 atom stereocenters. The van der Waals surface area contributed by atoms with Crippen LogP contribution < -0.4 is 14.5 Å². The number of likely N-dealkylation sites (N-methyl/N-ethyl adjacent to an activating group) is 1. The summed E-state index contributed by atoms with van der Waals surface area (Å²) in [4.78, 5) is 25.0. The minimum absolute atomic E-state index is 0.396. The van der Waals surface area contributed by atoms with Crippen molar-refractivity contribution >= 4 is 33.7 Å². The lowest BCUT2D eigenvalue weighted by molar-refractivity contribution is -0.0265. The Bertz CT molecular complexity index is 1780. The summed E-state index contributed by atoms with van der Waals surface area (Å²) in [6.45, 7) is 4.65. The van der Waals surface area contributed by atoms with Gasteiger partial charge in [0.15, 0.2) is 11.6 Å². The van der Waals surface area contributed by atoms with Gasteiger partial charge in [-0.3, -0.25) is 9.97 Å². The predicted molar refractivity (Wildman–Crippen MR) is 152 cm³/mol. The number of nitrogens with zero attached hydrogens (tertiary/aromatic N) is 10. The number of halogens is 2. The van der Waals surface area contributed by atoms with Crippen molar-refractivity contribution in [2.45, 2.75) is 12.8 Å². The fourth-order valence-corrected chi connectivity index (χ4v) is 5.68. The molecule has 41 heavy (non-hydrogen) atoms. The highest BCUT2D eigenvalue weighted by atomic mass is 19.3. The molecule has 0 aliphatic carbocycles. The molecule has 7 heterocycles. The molecule has 5 aromatic heterocycles. The minimum Gasteiger partial charge on any atom is -0.496 e. The lowest BCUT2D eigenvalue weighted by Crippen LogP contribution is -2.56. The van der Waals surface area contributed by atoms with Crippen LogP contribution in [0.15, 0.2) is 36.8 Å². The quantitative estimate of drug-likeness (QED) is 0.321. The van der Waals surface area contributed by atoms with E-state index in [1.54, 1.807) is 41.3 Å². The Labute approximate surface area is 235 Å². The van der Waals surface area contributed by atoms with Crippen LogP contribution in [-0.4, -0.2) is 98.5 Å². The van der Waals surface area contributed by atoms with Gasteiger partial charge in [-0.2, -0.15) is 5.10 Å². The molecule has 0 N–H and O–H groups in total. The summed E-state index contributed by atoms with van der Waals surface area (Å²) in [5, 5.41) is 5.53. The van der Waals surface area contributed by atoms with Crippen molar-refractivity contribution in [3.63, 3.8) is 0 Å². The Morgan fingerprint density at radius 1 is 0.927 bits per heavy atom. The topological polar surface area (TPSA) is 93.3 Å². The lowest BCUT2D eigenvalue weighted by Gasteiger charge is -2.39. The smallest absolute Gasteiger partial charge is 0.282 e. The average molecular weight is 561 g/mol. The van der Waals surface area contributed by atoms with Crippen LogP contribution in [0.1, 0.15) is 5.69 Å². The van der Waals surface area contributed by atoms with E-state index in [4.69, 9.17) is 19.7 Å². The number of anilines is 2. The molecule has 7 rings (SSSR count). The molecule has 5 aromatic rings. The summed E-state index contributed by atoms with van der Waals surface area (Å²) in [6.07, 6.45) is 5.14. The second-order valence-electron chi connectivity index (χ2n) is 10.8. The monoisotopic (exact) mass is 560 g/mol. The van der Waals surface area contributed by atoms with Crippen LogP contribution in [0.25, 0.3) is 39.0 Å². The number of imidazole rings is 1. The van der Waals surface area contributed by atoms with Gasteiger partial charge in [-0.15, -0.1) is 0 Å². The van der Waals surface area contributed by atoms with Crippen LogP contribution in [-0.2, 0) is 7.05 Å². The summed E-state index contributed by atoms with van der Waals surface area (Å²) in [6, 6.07) is 5.64. The second-order valence-corrected chi connectivity index (χ2v) is 10.8. The van der Waals surface area contributed by atoms with E-state index in [0.29, 0.717) is 28.6 Å². The third kappa shape index (κ3) is 4.22. The van der Waals surface area contributed by atoms with Crippen LogP contribution >= 0.6 is 0 Å². The molecule has 0 spiro atoms. The number of rotatable bonds is 5. The molecule has 11 nitrogen and oxygen atoms in total. The molecule has 2 saturated heterocycles. The summed E-state index contributed by atoms with van der Waals surface area (Å²) < 4.78 is 37.4. The first-order chi connectivity index (χ1) is 19.7. The molecule has 0 bridgehead atoms. The number of aromatic nitrogens is 7. The van der Waals surface area contributed by atoms with Gasteiger partial charge in [0, 0.05) is 62.8 Å². The van der Waals surface area contributed by atoms with E-state index >= 15 is 0 Å². The van der Waals surface area contributed by atoms with Crippen LogP contribution in [0.4, 0.5) is 20.5 Å². The lowest BCUT2D eigenvalue weighted by atomic mass is 10.1. The largest absolute Gasteiger partial charge is 0.496 e. The highest BCUT2D eigenvalue weighted by Gasteiger charge is 2.45. The molecule has 2 aliphatic heterocycles. The molecule has 0 unspecified atom stereocenters. The van der Waals surface area contributed by atoms with Crippen LogP contribution in [0.5, 0.6) is 5.75 Å². The van der Waals surface area contributed by atoms with Crippen molar-refractivity contribution in [2.75, 3.05) is 63.2 Å². The van der Waals surface area contributed by atoms with E-state index in [2.05, 4.69) is 26.9 Å². The molecule has 0 amide bonds. The zero-order chi connectivity index (χ0) is 28.5. The highest BCUT2D eigenvalue weighted by molar-refractivity contribution is 5.92. The number of hydrogen-bond donors (Lipinski definition) is 0. The molecular weight excluding hydrogens is 530 g/mol. The van der Waals surface area contributed by atoms with Gasteiger partial charge >= 0.3 is 0 Å². The normalized spacial score (nSPS) is 17.4. The number of piperazine rings is 1. The number of alkyl halides is 2. The van der Waals surface area contributed by atoms with E-state index in [1.807, 2.05) is 30.7 Å². The maximum Gasteiger partial charge on any atom is 0.282 e. The Morgan fingerprint density at radius 3 is 2.44 bits per heavy atom. The second kappa shape index (κ2) is 9.33. The highest BCUT2D eigenvalue weighted by Crippen LogP contribution is 2.38. The molecule has 212 valence electrons. The molecule has 2 aliphatic rings. The van der Waals surface area contributed by atoms with Gasteiger partial charge in [-0.05, 0) is 26.1 Å². The van der Waals surface area contributed by atoms with Gasteiger partial charge in [0.1, 0.15) is 11.3 Å². The summed E-state index contributed by atoms with van der Waals surface area (Å²) in [5.74, 6) is -0.345. The summed E-state index contributed by atoms with van der Waals surface area (Å²) >= 11 is 0. The van der Waals surface area contributed by atoms with Gasteiger partial charge in [0.25, 0.3) is 5.92 Å².